The second kappa shape index (κ2) is 7.45. The predicted octanol–water partition coefficient (Wildman–Crippen LogP) is 3.05. The second-order valence-corrected chi connectivity index (χ2v) is 5.66. The first-order valence-electron chi connectivity index (χ1n) is 7.95. The molecule has 3 rings (SSSR count). The maximum absolute atomic E-state index is 13.1. The molecule has 1 amide bonds. The predicted molar refractivity (Wildman–Crippen MR) is 96.7 cm³/mol. The van der Waals surface area contributed by atoms with Gasteiger partial charge in [-0.15, -0.1) is 6.42 Å². The van der Waals surface area contributed by atoms with Gasteiger partial charge in [-0.25, -0.2) is 9.67 Å². The summed E-state index contributed by atoms with van der Waals surface area (Å²) >= 11 is 0. The molecule has 0 spiro atoms. The number of terminal acetylenes is 1. The number of nitrogens with zero attached hydrogens (tertiary/aromatic N) is 4. The number of carbonyl (C=O) groups excluding carboxylic acids is 1. The molecule has 0 radical (unpaired) electrons. The first kappa shape index (κ1) is 16.5. The van der Waals surface area contributed by atoms with Gasteiger partial charge in [0.15, 0.2) is 0 Å². The number of aromatic nitrogens is 3. The molecule has 0 saturated carbocycles. The van der Waals surface area contributed by atoms with Crippen LogP contribution in [0.1, 0.15) is 24.1 Å². The van der Waals surface area contributed by atoms with Crippen molar-refractivity contribution in [2.75, 3.05) is 4.90 Å². The minimum absolute atomic E-state index is 0.0801. The van der Waals surface area contributed by atoms with E-state index < -0.39 is 6.04 Å². The zero-order valence-corrected chi connectivity index (χ0v) is 13.9. The molecule has 5 heteroatoms. The second-order valence-electron chi connectivity index (χ2n) is 5.66. The van der Waals surface area contributed by atoms with Gasteiger partial charge in [-0.05, 0) is 30.7 Å². The molecule has 1 unspecified atom stereocenters. The molecule has 1 atom stereocenters. The van der Waals surface area contributed by atoms with E-state index in [0.29, 0.717) is 6.54 Å². The van der Waals surface area contributed by atoms with E-state index in [2.05, 4.69) is 16.0 Å². The molecule has 1 heterocycles. The van der Waals surface area contributed by atoms with E-state index in [-0.39, 0.29) is 5.91 Å². The van der Waals surface area contributed by atoms with Gasteiger partial charge in [-0.2, -0.15) is 5.10 Å². The van der Waals surface area contributed by atoms with Crippen LogP contribution < -0.4 is 4.90 Å². The Morgan fingerprint density at radius 1 is 1.24 bits per heavy atom. The Bertz CT molecular complexity index is 882. The van der Waals surface area contributed by atoms with Gasteiger partial charge in [0.2, 0.25) is 0 Å². The van der Waals surface area contributed by atoms with Crippen molar-refractivity contribution >= 4 is 11.6 Å². The highest BCUT2D eigenvalue weighted by molar-refractivity contribution is 5.96. The number of amides is 1. The maximum Gasteiger partial charge on any atom is 0.251 e. The molecule has 1 aromatic heterocycles. The number of benzene rings is 2. The fourth-order valence-electron chi connectivity index (χ4n) is 2.58. The van der Waals surface area contributed by atoms with Gasteiger partial charge in [-0.3, -0.25) is 4.79 Å². The van der Waals surface area contributed by atoms with Crippen LogP contribution in [0.3, 0.4) is 0 Å². The van der Waals surface area contributed by atoms with Gasteiger partial charge >= 0.3 is 0 Å². The fraction of sp³-hybridized carbons (Fsp3) is 0.150. The summed E-state index contributed by atoms with van der Waals surface area (Å²) in [6.07, 6.45) is 8.47. The third kappa shape index (κ3) is 3.75. The summed E-state index contributed by atoms with van der Waals surface area (Å²) in [7, 11) is 0. The van der Waals surface area contributed by atoms with E-state index in [1.165, 1.54) is 6.33 Å². The smallest absolute Gasteiger partial charge is 0.251 e. The molecule has 0 aliphatic rings. The van der Waals surface area contributed by atoms with Gasteiger partial charge in [0.1, 0.15) is 18.7 Å². The SMILES string of the molecule is C#Cc1cccc(N(Cc2ccccc2)C(=O)C(C)n2cncn2)c1. The summed E-state index contributed by atoms with van der Waals surface area (Å²) in [5.74, 6) is 2.54. The lowest BCUT2D eigenvalue weighted by molar-refractivity contribution is -0.121. The van der Waals surface area contributed by atoms with Crippen LogP contribution in [0.5, 0.6) is 0 Å². The van der Waals surface area contributed by atoms with Crippen molar-refractivity contribution in [2.24, 2.45) is 0 Å². The van der Waals surface area contributed by atoms with Crippen molar-refractivity contribution < 1.29 is 4.79 Å². The highest BCUT2D eigenvalue weighted by atomic mass is 16.2. The summed E-state index contributed by atoms with van der Waals surface area (Å²) in [6.45, 7) is 2.26. The van der Waals surface area contributed by atoms with Crippen LogP contribution in [-0.4, -0.2) is 20.7 Å². The third-order valence-electron chi connectivity index (χ3n) is 3.96. The first-order valence-corrected chi connectivity index (χ1v) is 7.95. The number of carbonyl (C=O) groups is 1. The summed E-state index contributed by atoms with van der Waals surface area (Å²) < 4.78 is 1.55. The zero-order chi connectivity index (χ0) is 17.6. The molecule has 0 aliphatic carbocycles. The molecule has 25 heavy (non-hydrogen) atoms. The number of anilines is 1. The van der Waals surface area contributed by atoms with Crippen molar-refractivity contribution in [3.8, 4) is 12.3 Å². The number of hydrogen-bond acceptors (Lipinski definition) is 3. The van der Waals surface area contributed by atoms with E-state index >= 15 is 0 Å². The average molecular weight is 330 g/mol. The molecule has 3 aromatic rings. The Morgan fingerprint density at radius 3 is 2.72 bits per heavy atom. The summed E-state index contributed by atoms with van der Waals surface area (Å²) in [4.78, 5) is 18.8. The Balaban J connectivity index is 1.96. The summed E-state index contributed by atoms with van der Waals surface area (Å²) in [5.41, 5.74) is 2.53. The minimum atomic E-state index is -0.472. The van der Waals surface area contributed by atoms with Crippen molar-refractivity contribution in [2.45, 2.75) is 19.5 Å². The number of rotatable bonds is 5. The van der Waals surface area contributed by atoms with E-state index in [9.17, 15) is 4.79 Å². The first-order chi connectivity index (χ1) is 12.2. The Labute approximate surface area is 146 Å². The van der Waals surface area contributed by atoms with E-state index in [1.54, 1.807) is 22.8 Å². The van der Waals surface area contributed by atoms with Crippen LogP contribution in [0.2, 0.25) is 0 Å². The quantitative estimate of drug-likeness (QED) is 0.676. The topological polar surface area (TPSA) is 51.0 Å². The van der Waals surface area contributed by atoms with Gasteiger partial charge in [-0.1, -0.05) is 42.3 Å². The summed E-state index contributed by atoms with van der Waals surface area (Å²) in [6, 6.07) is 16.8. The average Bonchev–Trinajstić information content (AvgIpc) is 3.20. The molecular weight excluding hydrogens is 312 g/mol. The normalized spacial score (nSPS) is 11.5. The molecule has 0 N–H and O–H groups in total. The van der Waals surface area contributed by atoms with Crippen LogP contribution in [0, 0.1) is 12.3 Å². The lowest BCUT2D eigenvalue weighted by atomic mass is 10.1. The van der Waals surface area contributed by atoms with Crippen molar-refractivity contribution in [3.63, 3.8) is 0 Å². The Morgan fingerprint density at radius 2 is 2.04 bits per heavy atom. The highest BCUT2D eigenvalue weighted by Gasteiger charge is 2.24. The van der Waals surface area contributed by atoms with Crippen LogP contribution in [0.25, 0.3) is 0 Å². The van der Waals surface area contributed by atoms with E-state index in [0.717, 1.165) is 16.8 Å². The number of hydrogen-bond donors (Lipinski definition) is 0. The Kier molecular flexibility index (Phi) is 4.91. The molecule has 0 bridgehead atoms. The van der Waals surface area contributed by atoms with Gasteiger partial charge < -0.3 is 4.90 Å². The fourth-order valence-corrected chi connectivity index (χ4v) is 2.58. The van der Waals surface area contributed by atoms with Gasteiger partial charge in [0, 0.05) is 11.3 Å². The molecule has 124 valence electrons. The van der Waals surface area contributed by atoms with Crippen LogP contribution >= 0.6 is 0 Å². The molecular formula is C20H18N4O. The zero-order valence-electron chi connectivity index (χ0n) is 13.9. The molecule has 0 aliphatic heterocycles. The molecule has 5 nitrogen and oxygen atoms in total. The maximum atomic E-state index is 13.1. The monoisotopic (exact) mass is 330 g/mol. The minimum Gasteiger partial charge on any atom is -0.306 e. The largest absolute Gasteiger partial charge is 0.306 e. The molecule has 0 saturated heterocycles. The van der Waals surface area contributed by atoms with Gasteiger partial charge in [0.25, 0.3) is 5.91 Å². The standard InChI is InChI=1S/C20H18N4O/c1-3-17-10-7-11-19(12-17)23(13-18-8-5-4-6-9-18)20(25)16(2)24-15-21-14-22-24/h1,4-12,14-16H,13H2,2H3. The van der Waals surface area contributed by atoms with Crippen molar-refractivity contribution in [1.82, 2.24) is 14.8 Å². The summed E-state index contributed by atoms with van der Waals surface area (Å²) in [5, 5.41) is 4.08. The third-order valence-corrected chi connectivity index (χ3v) is 3.96. The van der Waals surface area contributed by atoms with Crippen LogP contribution in [-0.2, 0) is 11.3 Å². The van der Waals surface area contributed by atoms with Crippen molar-refractivity contribution in [3.05, 3.63) is 78.4 Å². The molecule has 0 fully saturated rings. The van der Waals surface area contributed by atoms with E-state index in [4.69, 9.17) is 6.42 Å². The van der Waals surface area contributed by atoms with Crippen LogP contribution in [0.15, 0.2) is 67.3 Å². The lowest BCUT2D eigenvalue weighted by Crippen LogP contribution is -2.36. The Hall–Kier alpha value is -3.39. The van der Waals surface area contributed by atoms with Crippen molar-refractivity contribution in [1.29, 1.82) is 0 Å². The molecule has 2 aromatic carbocycles. The van der Waals surface area contributed by atoms with E-state index in [1.807, 2.05) is 54.6 Å². The van der Waals surface area contributed by atoms with Gasteiger partial charge in [0.05, 0.1) is 6.54 Å². The highest BCUT2D eigenvalue weighted by Crippen LogP contribution is 2.22. The lowest BCUT2D eigenvalue weighted by Gasteiger charge is -2.26. The van der Waals surface area contributed by atoms with Crippen LogP contribution in [0.4, 0.5) is 5.69 Å².